The SMILES string of the molecule is Cc1cc(NCn2c(=S)sc3ccccc32)no1. The number of fused-ring (bicyclic) bond motifs is 1. The molecule has 4 nitrogen and oxygen atoms in total. The number of aromatic nitrogens is 2. The van der Waals surface area contributed by atoms with Crippen molar-refractivity contribution in [3.63, 3.8) is 0 Å². The maximum Gasteiger partial charge on any atom is 0.171 e. The van der Waals surface area contributed by atoms with Crippen LogP contribution in [0.2, 0.25) is 0 Å². The van der Waals surface area contributed by atoms with E-state index in [2.05, 4.69) is 27.2 Å². The highest BCUT2D eigenvalue weighted by Gasteiger charge is 2.05. The molecule has 0 saturated carbocycles. The molecule has 0 unspecified atom stereocenters. The van der Waals surface area contributed by atoms with E-state index >= 15 is 0 Å². The first kappa shape index (κ1) is 11.4. The molecule has 0 saturated heterocycles. The molecule has 6 heteroatoms. The second kappa shape index (κ2) is 4.55. The lowest BCUT2D eigenvalue weighted by Crippen LogP contribution is -2.07. The lowest BCUT2D eigenvalue weighted by molar-refractivity contribution is 0.399. The van der Waals surface area contributed by atoms with Gasteiger partial charge in [0.05, 0.1) is 16.9 Å². The predicted octanol–water partition coefficient (Wildman–Crippen LogP) is 3.80. The number of thiazole rings is 1. The molecule has 92 valence electrons. The van der Waals surface area contributed by atoms with E-state index in [0.29, 0.717) is 6.67 Å². The van der Waals surface area contributed by atoms with E-state index in [1.54, 1.807) is 11.3 Å². The zero-order valence-corrected chi connectivity index (χ0v) is 11.3. The van der Waals surface area contributed by atoms with Gasteiger partial charge in [-0.1, -0.05) is 17.3 Å². The molecule has 3 rings (SSSR count). The van der Waals surface area contributed by atoms with Crippen molar-refractivity contribution in [2.45, 2.75) is 13.6 Å². The maximum atomic E-state index is 5.37. The van der Waals surface area contributed by atoms with Crippen molar-refractivity contribution in [1.82, 2.24) is 9.72 Å². The average Bonchev–Trinajstić information content (AvgIpc) is 2.90. The minimum absolute atomic E-state index is 0.592. The molecule has 2 aromatic heterocycles. The van der Waals surface area contributed by atoms with Crippen molar-refractivity contribution in [1.29, 1.82) is 0 Å². The van der Waals surface area contributed by atoms with Gasteiger partial charge in [0, 0.05) is 6.07 Å². The molecular formula is C12H11N3OS2. The molecule has 0 bridgehead atoms. The Kier molecular flexibility index (Phi) is 2.89. The number of para-hydroxylation sites is 1. The van der Waals surface area contributed by atoms with Crippen molar-refractivity contribution in [3.05, 3.63) is 40.0 Å². The maximum absolute atomic E-state index is 5.37. The third-order valence-electron chi connectivity index (χ3n) is 2.62. The Balaban J connectivity index is 1.90. The zero-order chi connectivity index (χ0) is 12.5. The number of nitrogens with zero attached hydrogens (tertiary/aromatic N) is 2. The zero-order valence-electron chi connectivity index (χ0n) is 9.71. The minimum Gasteiger partial charge on any atom is -0.360 e. The molecule has 0 radical (unpaired) electrons. The molecule has 2 heterocycles. The Hall–Kier alpha value is -1.66. The van der Waals surface area contributed by atoms with Crippen LogP contribution in [0.1, 0.15) is 5.76 Å². The summed E-state index contributed by atoms with van der Waals surface area (Å²) in [5.74, 6) is 1.51. The monoisotopic (exact) mass is 277 g/mol. The van der Waals surface area contributed by atoms with Crippen molar-refractivity contribution < 1.29 is 4.52 Å². The fourth-order valence-electron chi connectivity index (χ4n) is 1.77. The summed E-state index contributed by atoms with van der Waals surface area (Å²) < 4.78 is 9.11. The molecule has 0 fully saturated rings. The van der Waals surface area contributed by atoms with Gasteiger partial charge in [0.2, 0.25) is 0 Å². The molecular weight excluding hydrogens is 266 g/mol. The standard InChI is InChI=1S/C12H11N3OS2/c1-8-6-11(14-16-8)13-7-15-9-4-2-3-5-10(9)18-12(15)17/h2-6H,7H2,1H3,(H,13,14). The number of benzene rings is 1. The second-order valence-corrected chi connectivity index (χ2v) is 5.60. The van der Waals surface area contributed by atoms with Gasteiger partial charge in [-0.15, -0.1) is 11.3 Å². The summed E-state index contributed by atoms with van der Waals surface area (Å²) in [6.07, 6.45) is 0. The summed E-state index contributed by atoms with van der Waals surface area (Å²) in [7, 11) is 0. The van der Waals surface area contributed by atoms with Crippen LogP contribution < -0.4 is 5.32 Å². The van der Waals surface area contributed by atoms with Crippen LogP contribution in [-0.2, 0) is 6.67 Å². The lowest BCUT2D eigenvalue weighted by atomic mass is 10.3. The Bertz CT molecular complexity index is 741. The highest BCUT2D eigenvalue weighted by Crippen LogP contribution is 2.22. The first-order valence-electron chi connectivity index (χ1n) is 5.49. The van der Waals surface area contributed by atoms with Gasteiger partial charge >= 0.3 is 0 Å². The lowest BCUT2D eigenvalue weighted by Gasteiger charge is -2.05. The fourth-order valence-corrected chi connectivity index (χ4v) is 3.10. The van der Waals surface area contributed by atoms with E-state index < -0.39 is 0 Å². The number of aryl methyl sites for hydroxylation is 1. The fraction of sp³-hybridized carbons (Fsp3) is 0.167. The number of hydrogen-bond donors (Lipinski definition) is 1. The Morgan fingerprint density at radius 3 is 3.06 bits per heavy atom. The molecule has 0 amide bonds. The van der Waals surface area contributed by atoms with E-state index in [0.717, 1.165) is 21.0 Å². The molecule has 1 aromatic carbocycles. The Labute approximate surface area is 113 Å². The smallest absolute Gasteiger partial charge is 0.171 e. The van der Waals surface area contributed by atoms with Crippen LogP contribution in [0.3, 0.4) is 0 Å². The van der Waals surface area contributed by atoms with Crippen LogP contribution in [-0.4, -0.2) is 9.72 Å². The molecule has 0 aliphatic heterocycles. The van der Waals surface area contributed by atoms with E-state index in [9.17, 15) is 0 Å². The van der Waals surface area contributed by atoms with Gasteiger partial charge in [-0.2, -0.15) is 0 Å². The molecule has 3 aromatic rings. The molecule has 18 heavy (non-hydrogen) atoms. The van der Waals surface area contributed by atoms with Gasteiger partial charge in [-0.05, 0) is 31.3 Å². The van der Waals surface area contributed by atoms with Gasteiger partial charge < -0.3 is 14.4 Å². The third-order valence-corrected chi connectivity index (χ3v) is 4.05. The van der Waals surface area contributed by atoms with Gasteiger partial charge in [-0.3, -0.25) is 0 Å². The van der Waals surface area contributed by atoms with Gasteiger partial charge in [-0.25, -0.2) is 0 Å². The molecule has 0 atom stereocenters. The molecule has 1 N–H and O–H groups in total. The van der Waals surface area contributed by atoms with Crippen molar-refractivity contribution in [2.75, 3.05) is 5.32 Å². The Morgan fingerprint density at radius 2 is 2.28 bits per heavy atom. The first-order chi connectivity index (χ1) is 8.74. The molecule has 0 aliphatic carbocycles. The highest BCUT2D eigenvalue weighted by molar-refractivity contribution is 7.73. The number of nitrogens with one attached hydrogen (secondary N) is 1. The topological polar surface area (TPSA) is 43.0 Å². The van der Waals surface area contributed by atoms with Gasteiger partial charge in [0.15, 0.2) is 9.77 Å². The summed E-state index contributed by atoms with van der Waals surface area (Å²) in [5, 5.41) is 7.09. The number of hydrogen-bond acceptors (Lipinski definition) is 5. The minimum atomic E-state index is 0.592. The summed E-state index contributed by atoms with van der Waals surface area (Å²) in [4.78, 5) is 0. The van der Waals surface area contributed by atoms with Gasteiger partial charge in [0.1, 0.15) is 5.76 Å². The summed E-state index contributed by atoms with van der Waals surface area (Å²) in [5.41, 5.74) is 1.14. The second-order valence-electron chi connectivity index (χ2n) is 3.92. The van der Waals surface area contributed by atoms with Crippen LogP contribution >= 0.6 is 23.6 Å². The summed E-state index contributed by atoms with van der Waals surface area (Å²) >= 11 is 6.98. The first-order valence-corrected chi connectivity index (χ1v) is 6.72. The van der Waals surface area contributed by atoms with Crippen LogP contribution in [0.15, 0.2) is 34.9 Å². The number of rotatable bonds is 3. The quantitative estimate of drug-likeness (QED) is 0.739. The summed E-state index contributed by atoms with van der Waals surface area (Å²) in [6, 6.07) is 10.0. The predicted molar refractivity (Wildman–Crippen MR) is 75.5 cm³/mol. The van der Waals surface area contributed by atoms with Crippen LogP contribution in [0, 0.1) is 10.9 Å². The number of anilines is 1. The normalized spacial score (nSPS) is 10.9. The van der Waals surface area contributed by atoms with E-state index in [1.807, 2.05) is 25.1 Å². The third kappa shape index (κ3) is 2.04. The average molecular weight is 277 g/mol. The van der Waals surface area contributed by atoms with E-state index in [4.69, 9.17) is 16.7 Å². The van der Waals surface area contributed by atoms with Crippen molar-refractivity contribution >= 4 is 39.6 Å². The van der Waals surface area contributed by atoms with Crippen molar-refractivity contribution in [3.8, 4) is 0 Å². The van der Waals surface area contributed by atoms with E-state index in [1.165, 1.54) is 4.70 Å². The highest BCUT2D eigenvalue weighted by atomic mass is 32.1. The van der Waals surface area contributed by atoms with Gasteiger partial charge in [0.25, 0.3) is 0 Å². The van der Waals surface area contributed by atoms with Crippen LogP contribution in [0.25, 0.3) is 10.2 Å². The van der Waals surface area contributed by atoms with E-state index in [-0.39, 0.29) is 0 Å². The van der Waals surface area contributed by atoms with Crippen LogP contribution in [0.5, 0.6) is 0 Å². The Morgan fingerprint density at radius 1 is 1.44 bits per heavy atom. The van der Waals surface area contributed by atoms with Crippen LogP contribution in [0.4, 0.5) is 5.82 Å². The molecule has 0 spiro atoms. The summed E-state index contributed by atoms with van der Waals surface area (Å²) in [6.45, 7) is 2.46. The largest absolute Gasteiger partial charge is 0.360 e. The molecule has 0 aliphatic rings. The van der Waals surface area contributed by atoms with Crippen molar-refractivity contribution in [2.24, 2.45) is 0 Å².